The summed E-state index contributed by atoms with van der Waals surface area (Å²) in [5, 5.41) is 2.55. The summed E-state index contributed by atoms with van der Waals surface area (Å²) in [6.07, 6.45) is 0.752. The number of aryl methyl sites for hydroxylation is 1. The number of amides is 1. The van der Waals surface area contributed by atoms with Gasteiger partial charge in [-0.2, -0.15) is 0 Å². The molecule has 1 aromatic carbocycles. The first-order chi connectivity index (χ1) is 11.9. The van der Waals surface area contributed by atoms with Crippen LogP contribution in [-0.4, -0.2) is 33.9 Å². The van der Waals surface area contributed by atoms with Crippen molar-refractivity contribution in [2.45, 2.75) is 17.6 Å². The molecule has 0 saturated carbocycles. The molecule has 0 bridgehead atoms. The van der Waals surface area contributed by atoms with Crippen molar-refractivity contribution in [3.63, 3.8) is 0 Å². The average Bonchev–Trinajstić information content (AvgIpc) is 3.10. The second kappa shape index (κ2) is 8.24. The van der Waals surface area contributed by atoms with Gasteiger partial charge in [-0.1, -0.05) is 6.92 Å². The zero-order chi connectivity index (χ0) is 18.4. The molecule has 0 aliphatic rings. The Balaban J connectivity index is 1.92. The highest BCUT2D eigenvalue weighted by atomic mass is 32.2. The van der Waals surface area contributed by atoms with Crippen molar-refractivity contribution in [3.8, 4) is 0 Å². The number of anilines is 1. The highest BCUT2D eigenvalue weighted by Gasteiger charge is 2.17. The highest BCUT2D eigenvalue weighted by molar-refractivity contribution is 7.91. The van der Waals surface area contributed by atoms with E-state index in [-0.39, 0.29) is 10.8 Å². The number of sulfonamides is 1. The van der Waals surface area contributed by atoms with Gasteiger partial charge in [-0.15, -0.1) is 11.3 Å². The third-order valence-corrected chi connectivity index (χ3v) is 6.39. The summed E-state index contributed by atoms with van der Waals surface area (Å²) in [6, 6.07) is 9.35. The molecule has 2 N–H and O–H groups in total. The van der Waals surface area contributed by atoms with Crippen molar-refractivity contribution in [1.29, 1.82) is 0 Å². The van der Waals surface area contributed by atoms with Crippen LogP contribution in [0.5, 0.6) is 0 Å². The van der Waals surface area contributed by atoms with Gasteiger partial charge in [0, 0.05) is 10.6 Å². The number of ether oxygens (including phenoxy) is 1. The van der Waals surface area contributed by atoms with Crippen LogP contribution in [-0.2, 0) is 26.0 Å². The molecular formula is C16H18N2O5S2. The number of nitrogens with one attached hydrogen (secondary N) is 2. The molecule has 134 valence electrons. The molecule has 0 atom stereocenters. The van der Waals surface area contributed by atoms with Crippen molar-refractivity contribution < 1.29 is 22.7 Å². The normalized spacial score (nSPS) is 11.1. The molecule has 7 nitrogen and oxygen atoms in total. The molecule has 2 rings (SSSR count). The summed E-state index contributed by atoms with van der Waals surface area (Å²) in [5.74, 6) is -0.991. The molecule has 0 radical (unpaired) electrons. The predicted molar refractivity (Wildman–Crippen MR) is 95.3 cm³/mol. The lowest BCUT2D eigenvalue weighted by Gasteiger charge is -2.07. The lowest BCUT2D eigenvalue weighted by Crippen LogP contribution is -2.32. The van der Waals surface area contributed by atoms with E-state index in [2.05, 4.69) is 14.8 Å². The van der Waals surface area contributed by atoms with Gasteiger partial charge in [-0.25, -0.2) is 17.9 Å². The third kappa shape index (κ3) is 5.12. The van der Waals surface area contributed by atoms with E-state index in [0.29, 0.717) is 11.3 Å². The van der Waals surface area contributed by atoms with Gasteiger partial charge >= 0.3 is 5.97 Å². The Kier molecular flexibility index (Phi) is 6.29. The van der Waals surface area contributed by atoms with Crippen LogP contribution in [0, 0.1) is 0 Å². The Hall–Kier alpha value is -2.23. The number of esters is 1. The number of carbonyl (C=O) groups is 2. The van der Waals surface area contributed by atoms with E-state index in [1.807, 2.05) is 6.92 Å². The van der Waals surface area contributed by atoms with Gasteiger partial charge < -0.3 is 10.1 Å². The Morgan fingerprint density at radius 2 is 1.80 bits per heavy atom. The van der Waals surface area contributed by atoms with Crippen LogP contribution in [0.15, 0.2) is 40.6 Å². The number of rotatable bonds is 7. The van der Waals surface area contributed by atoms with E-state index >= 15 is 0 Å². The summed E-state index contributed by atoms with van der Waals surface area (Å²) in [6.45, 7) is 1.55. The van der Waals surface area contributed by atoms with Crippen LogP contribution in [0.1, 0.15) is 22.2 Å². The van der Waals surface area contributed by atoms with Crippen molar-refractivity contribution in [1.82, 2.24) is 4.72 Å². The van der Waals surface area contributed by atoms with Crippen molar-refractivity contribution in [3.05, 3.63) is 46.8 Å². The molecule has 0 aliphatic carbocycles. The first kappa shape index (κ1) is 19.1. The zero-order valence-corrected chi connectivity index (χ0v) is 15.4. The molecule has 0 aliphatic heterocycles. The van der Waals surface area contributed by atoms with E-state index in [1.165, 1.54) is 48.8 Å². The number of hydrogen-bond acceptors (Lipinski definition) is 6. The number of benzene rings is 1. The summed E-state index contributed by atoms with van der Waals surface area (Å²) in [5.41, 5.74) is 0.798. The van der Waals surface area contributed by atoms with Gasteiger partial charge in [0.25, 0.3) is 10.0 Å². The smallest absolute Gasteiger partial charge is 0.337 e. The molecule has 1 aromatic heterocycles. The standard InChI is InChI=1S/C16H18N2O5S2/c1-3-13-8-9-15(24-13)25(21,22)17-10-14(19)18-12-6-4-11(5-7-12)16(20)23-2/h4-9,17H,3,10H2,1-2H3,(H,18,19). The first-order valence-corrected chi connectivity index (χ1v) is 9.72. The minimum atomic E-state index is -3.71. The maximum atomic E-state index is 12.1. The third-order valence-electron chi connectivity index (χ3n) is 3.26. The average molecular weight is 382 g/mol. The van der Waals surface area contributed by atoms with Crippen LogP contribution < -0.4 is 10.0 Å². The van der Waals surface area contributed by atoms with E-state index in [0.717, 1.165) is 11.3 Å². The van der Waals surface area contributed by atoms with Gasteiger partial charge in [0.1, 0.15) is 4.21 Å². The van der Waals surface area contributed by atoms with Crippen molar-refractivity contribution in [2.75, 3.05) is 19.0 Å². The maximum absolute atomic E-state index is 12.1. The van der Waals surface area contributed by atoms with Gasteiger partial charge in [-0.05, 0) is 42.8 Å². The molecule has 0 saturated heterocycles. The quantitative estimate of drug-likeness (QED) is 0.714. The SMILES string of the molecule is CCc1ccc(S(=O)(=O)NCC(=O)Nc2ccc(C(=O)OC)cc2)s1. The largest absolute Gasteiger partial charge is 0.465 e. The number of thiophene rings is 1. The van der Waals surface area contributed by atoms with Gasteiger partial charge in [0.15, 0.2) is 0 Å². The van der Waals surface area contributed by atoms with Crippen molar-refractivity contribution >= 4 is 38.9 Å². The lowest BCUT2D eigenvalue weighted by molar-refractivity contribution is -0.115. The number of methoxy groups -OCH3 is 1. The minimum absolute atomic E-state index is 0.180. The zero-order valence-electron chi connectivity index (χ0n) is 13.7. The molecule has 1 amide bonds. The molecule has 1 heterocycles. The first-order valence-electron chi connectivity index (χ1n) is 7.42. The fourth-order valence-electron chi connectivity index (χ4n) is 1.94. The van der Waals surface area contributed by atoms with Crippen LogP contribution in [0.3, 0.4) is 0 Å². The molecule has 0 fully saturated rings. The minimum Gasteiger partial charge on any atom is -0.465 e. The fourth-order valence-corrected chi connectivity index (χ4v) is 4.26. The van der Waals surface area contributed by atoms with E-state index in [4.69, 9.17) is 0 Å². The van der Waals surface area contributed by atoms with Gasteiger partial charge in [0.05, 0.1) is 19.2 Å². The lowest BCUT2D eigenvalue weighted by atomic mass is 10.2. The number of hydrogen-bond donors (Lipinski definition) is 2. The Morgan fingerprint density at radius 3 is 2.36 bits per heavy atom. The molecule has 0 unspecified atom stereocenters. The van der Waals surface area contributed by atoms with E-state index < -0.39 is 21.9 Å². The molecule has 25 heavy (non-hydrogen) atoms. The monoisotopic (exact) mass is 382 g/mol. The fraction of sp³-hybridized carbons (Fsp3) is 0.250. The summed E-state index contributed by atoms with van der Waals surface area (Å²) < 4.78 is 31.3. The van der Waals surface area contributed by atoms with Gasteiger partial charge in [0.2, 0.25) is 5.91 Å². The molecule has 0 spiro atoms. The Morgan fingerprint density at radius 1 is 1.12 bits per heavy atom. The molecule has 9 heteroatoms. The number of carbonyl (C=O) groups excluding carboxylic acids is 2. The predicted octanol–water partition coefficient (Wildman–Crippen LogP) is 2.01. The van der Waals surface area contributed by atoms with E-state index in [1.54, 1.807) is 6.07 Å². The van der Waals surface area contributed by atoms with Crippen LogP contribution >= 0.6 is 11.3 Å². The van der Waals surface area contributed by atoms with Crippen LogP contribution in [0.25, 0.3) is 0 Å². The van der Waals surface area contributed by atoms with E-state index in [9.17, 15) is 18.0 Å². The topological polar surface area (TPSA) is 102 Å². The summed E-state index contributed by atoms with van der Waals surface area (Å²) in [4.78, 5) is 24.2. The van der Waals surface area contributed by atoms with Crippen LogP contribution in [0.4, 0.5) is 5.69 Å². The molecule has 2 aromatic rings. The summed E-state index contributed by atoms with van der Waals surface area (Å²) >= 11 is 1.18. The van der Waals surface area contributed by atoms with Crippen LogP contribution in [0.2, 0.25) is 0 Å². The Labute approximate surface area is 150 Å². The highest BCUT2D eigenvalue weighted by Crippen LogP contribution is 2.21. The second-order valence-electron chi connectivity index (χ2n) is 5.02. The summed E-state index contributed by atoms with van der Waals surface area (Å²) in [7, 11) is -2.43. The molecular weight excluding hydrogens is 364 g/mol. The maximum Gasteiger partial charge on any atom is 0.337 e. The second-order valence-corrected chi connectivity index (χ2v) is 8.18. The van der Waals surface area contributed by atoms with Crippen molar-refractivity contribution in [2.24, 2.45) is 0 Å². The van der Waals surface area contributed by atoms with Gasteiger partial charge in [-0.3, -0.25) is 4.79 Å². The Bertz CT molecular complexity index is 857.